The smallest absolute Gasteiger partial charge is 0.351 e. The maximum atomic E-state index is 13.9. The van der Waals surface area contributed by atoms with Crippen molar-refractivity contribution < 1.29 is 23.4 Å². The van der Waals surface area contributed by atoms with E-state index in [9.17, 15) is 9.59 Å². The molecule has 2 bridgehead atoms. The Morgan fingerprint density at radius 1 is 0.902 bits per heavy atom. The summed E-state index contributed by atoms with van der Waals surface area (Å²) in [6, 6.07) is 25.8. The fraction of sp³-hybridized carbons (Fsp3) is 0.371. The summed E-state index contributed by atoms with van der Waals surface area (Å²) in [5, 5.41) is 0.502. The topological polar surface area (TPSA) is 75.0 Å². The summed E-state index contributed by atoms with van der Waals surface area (Å²) in [5.41, 5.74) is 1.45. The Balaban J connectivity index is 1.45. The van der Waals surface area contributed by atoms with Gasteiger partial charge in [-0.25, -0.2) is 9.59 Å². The summed E-state index contributed by atoms with van der Waals surface area (Å²) in [6.07, 6.45) is 1.62. The minimum Gasteiger partial charge on any atom is -0.496 e. The molecule has 0 radical (unpaired) electrons. The maximum Gasteiger partial charge on any atom is 0.351 e. The molecule has 3 aromatic carbocycles. The highest BCUT2D eigenvalue weighted by molar-refractivity contribution is 5.95. The first-order chi connectivity index (χ1) is 19.7. The molecule has 212 valence electrons. The number of ether oxygens (including phenoxy) is 3. The molecule has 1 aromatic heterocycles. The van der Waals surface area contributed by atoms with Crippen LogP contribution < -0.4 is 15.1 Å². The molecule has 4 aromatic rings. The molecule has 2 aliphatic carbocycles. The van der Waals surface area contributed by atoms with E-state index in [0.717, 1.165) is 12.8 Å². The average Bonchev–Trinajstić information content (AvgIpc) is 3.30. The van der Waals surface area contributed by atoms with Crippen molar-refractivity contribution in [2.75, 3.05) is 14.2 Å². The van der Waals surface area contributed by atoms with Crippen LogP contribution in [0.2, 0.25) is 0 Å². The Bertz CT molecular complexity index is 1600. The number of hydrogen-bond acceptors (Lipinski definition) is 6. The van der Waals surface area contributed by atoms with E-state index in [2.05, 4.69) is 69.3 Å². The SMILES string of the molecule is COc1cc(OC)c2cc(C(=O)OC3C(C(c4ccccc4)c4ccccc4)C4CC[C@]3(C)C4(C)C)c(=O)oc2c1. The van der Waals surface area contributed by atoms with Gasteiger partial charge in [0.05, 0.1) is 19.6 Å². The molecule has 4 atom stereocenters. The van der Waals surface area contributed by atoms with Crippen molar-refractivity contribution >= 4 is 16.9 Å². The van der Waals surface area contributed by atoms with Gasteiger partial charge in [0, 0.05) is 29.4 Å². The third kappa shape index (κ3) is 4.23. The zero-order chi connectivity index (χ0) is 28.9. The van der Waals surface area contributed by atoms with Gasteiger partial charge in [0.15, 0.2) is 0 Å². The lowest BCUT2D eigenvalue weighted by atomic mass is 9.68. The van der Waals surface area contributed by atoms with Gasteiger partial charge in [0.2, 0.25) is 0 Å². The van der Waals surface area contributed by atoms with Crippen molar-refractivity contribution in [3.8, 4) is 11.5 Å². The van der Waals surface area contributed by atoms with Crippen LogP contribution in [0.5, 0.6) is 11.5 Å². The molecule has 0 N–H and O–H groups in total. The molecule has 2 aliphatic rings. The van der Waals surface area contributed by atoms with Gasteiger partial charge in [-0.3, -0.25) is 0 Å². The zero-order valence-electron chi connectivity index (χ0n) is 24.2. The lowest BCUT2D eigenvalue weighted by Crippen LogP contribution is -2.43. The molecule has 0 spiro atoms. The van der Waals surface area contributed by atoms with Crippen LogP contribution in [0.15, 0.2) is 88.1 Å². The third-order valence-electron chi connectivity index (χ3n) is 10.2. The van der Waals surface area contributed by atoms with E-state index in [1.165, 1.54) is 31.4 Å². The van der Waals surface area contributed by atoms with Crippen molar-refractivity contribution in [3.05, 3.63) is 106 Å². The number of benzene rings is 3. The molecule has 0 saturated heterocycles. The maximum absolute atomic E-state index is 13.9. The van der Waals surface area contributed by atoms with Gasteiger partial charge in [-0.15, -0.1) is 0 Å². The van der Waals surface area contributed by atoms with Crippen molar-refractivity contribution in [1.29, 1.82) is 0 Å². The summed E-state index contributed by atoms with van der Waals surface area (Å²) in [4.78, 5) is 27.0. The molecular formula is C35H36O6. The Labute approximate surface area is 240 Å². The zero-order valence-corrected chi connectivity index (χ0v) is 24.2. The van der Waals surface area contributed by atoms with Crippen molar-refractivity contribution in [1.82, 2.24) is 0 Å². The highest BCUT2D eigenvalue weighted by Crippen LogP contribution is 2.71. The van der Waals surface area contributed by atoms with Crippen LogP contribution in [0.1, 0.15) is 61.0 Å². The predicted octanol–water partition coefficient (Wildman–Crippen LogP) is 7.24. The van der Waals surface area contributed by atoms with Crippen LogP contribution in [0, 0.1) is 22.7 Å². The van der Waals surface area contributed by atoms with Crippen LogP contribution in [0.3, 0.4) is 0 Å². The highest BCUT2D eigenvalue weighted by Gasteiger charge is 2.69. The predicted molar refractivity (Wildman–Crippen MR) is 158 cm³/mol. The Morgan fingerprint density at radius 2 is 1.54 bits per heavy atom. The Hall–Kier alpha value is -4.06. The highest BCUT2D eigenvalue weighted by atomic mass is 16.5. The monoisotopic (exact) mass is 552 g/mol. The van der Waals surface area contributed by atoms with Gasteiger partial charge in [0.25, 0.3) is 0 Å². The number of carbonyl (C=O) groups excluding carboxylic acids is 1. The lowest BCUT2D eigenvalue weighted by molar-refractivity contribution is -0.0438. The van der Waals surface area contributed by atoms with Gasteiger partial charge >= 0.3 is 11.6 Å². The third-order valence-corrected chi connectivity index (χ3v) is 10.2. The minimum absolute atomic E-state index is 0.0298. The van der Waals surface area contributed by atoms with E-state index >= 15 is 0 Å². The van der Waals surface area contributed by atoms with Gasteiger partial charge < -0.3 is 18.6 Å². The standard InChI is InChI=1S/C35H36O6/c1-34(2)26-16-17-35(34,3)31(30(26)29(21-12-8-6-9-13-21)22-14-10-7-11-15-22)41-33(37)25-20-24-27(39-5)18-23(38-4)19-28(24)40-32(25)36/h6-15,18-20,26,29-31H,16-17H2,1-5H3/t26?,30?,31?,35-/m0/s1. The summed E-state index contributed by atoms with van der Waals surface area (Å²) < 4.78 is 22.9. The molecule has 6 nitrogen and oxygen atoms in total. The second-order valence-electron chi connectivity index (χ2n) is 12.2. The summed E-state index contributed by atoms with van der Waals surface area (Å²) in [6.45, 7) is 6.86. The first-order valence-corrected chi connectivity index (χ1v) is 14.2. The van der Waals surface area contributed by atoms with E-state index in [1.807, 2.05) is 12.1 Å². The van der Waals surface area contributed by atoms with Gasteiger partial charge in [-0.1, -0.05) is 81.4 Å². The molecule has 3 unspecified atom stereocenters. The van der Waals surface area contributed by atoms with Crippen LogP contribution >= 0.6 is 0 Å². The van der Waals surface area contributed by atoms with Crippen molar-refractivity contribution in [3.63, 3.8) is 0 Å². The molecule has 2 saturated carbocycles. The molecule has 0 amide bonds. The van der Waals surface area contributed by atoms with Crippen LogP contribution in [-0.4, -0.2) is 26.3 Å². The van der Waals surface area contributed by atoms with E-state index < -0.39 is 17.7 Å². The van der Waals surface area contributed by atoms with E-state index in [-0.39, 0.29) is 33.8 Å². The molecule has 6 rings (SSSR count). The average molecular weight is 553 g/mol. The fourth-order valence-electron chi connectivity index (χ4n) is 7.72. The molecule has 6 heteroatoms. The quantitative estimate of drug-likeness (QED) is 0.178. The Morgan fingerprint density at radius 3 is 2.12 bits per heavy atom. The molecular weight excluding hydrogens is 516 g/mol. The molecule has 1 heterocycles. The van der Waals surface area contributed by atoms with E-state index in [0.29, 0.717) is 22.8 Å². The van der Waals surface area contributed by atoms with Crippen LogP contribution in [-0.2, 0) is 4.74 Å². The van der Waals surface area contributed by atoms with E-state index in [1.54, 1.807) is 12.1 Å². The van der Waals surface area contributed by atoms with Gasteiger partial charge in [-0.2, -0.15) is 0 Å². The minimum atomic E-state index is -0.746. The number of esters is 1. The second-order valence-corrected chi connectivity index (χ2v) is 12.2. The fourth-order valence-corrected chi connectivity index (χ4v) is 7.72. The summed E-state index contributed by atoms with van der Waals surface area (Å²) in [5.74, 6) is 0.650. The Kier molecular flexibility index (Phi) is 6.68. The van der Waals surface area contributed by atoms with Crippen LogP contribution in [0.25, 0.3) is 11.0 Å². The number of fused-ring (bicyclic) bond motifs is 3. The number of hydrogen-bond donors (Lipinski definition) is 0. The van der Waals surface area contributed by atoms with Gasteiger partial charge in [-0.05, 0) is 41.4 Å². The first-order valence-electron chi connectivity index (χ1n) is 14.2. The van der Waals surface area contributed by atoms with Crippen molar-refractivity contribution in [2.45, 2.75) is 45.6 Å². The van der Waals surface area contributed by atoms with Crippen molar-refractivity contribution in [2.24, 2.45) is 22.7 Å². The number of methoxy groups -OCH3 is 2. The molecule has 0 aliphatic heterocycles. The van der Waals surface area contributed by atoms with Gasteiger partial charge in [0.1, 0.15) is 28.7 Å². The number of carbonyl (C=O) groups is 1. The largest absolute Gasteiger partial charge is 0.496 e. The van der Waals surface area contributed by atoms with E-state index in [4.69, 9.17) is 18.6 Å². The first kappa shape index (κ1) is 27.1. The normalized spacial score (nSPS) is 24.5. The second kappa shape index (κ2) is 10.1. The lowest BCUT2D eigenvalue weighted by Gasteiger charge is -2.41. The summed E-state index contributed by atoms with van der Waals surface area (Å²) >= 11 is 0. The van der Waals surface area contributed by atoms with Crippen LogP contribution in [0.4, 0.5) is 0 Å². The number of rotatable bonds is 7. The molecule has 2 fully saturated rings. The molecule has 41 heavy (non-hydrogen) atoms. The summed E-state index contributed by atoms with van der Waals surface area (Å²) in [7, 11) is 3.05.